The summed E-state index contributed by atoms with van der Waals surface area (Å²) in [5, 5.41) is 3.59. The molecule has 1 heterocycles. The minimum absolute atomic E-state index is 0.667. The molecular formula is C12H19N3. The molecule has 0 spiro atoms. The summed E-state index contributed by atoms with van der Waals surface area (Å²) >= 11 is 0. The summed E-state index contributed by atoms with van der Waals surface area (Å²) in [6.07, 6.45) is 10.5. The first-order valence-electron chi connectivity index (χ1n) is 5.88. The molecule has 1 aromatic rings. The lowest BCUT2D eigenvalue weighted by Crippen LogP contribution is -2.26. The second-order valence-electron chi connectivity index (χ2n) is 4.33. The molecule has 0 bridgehead atoms. The predicted molar refractivity (Wildman–Crippen MR) is 60.7 cm³/mol. The highest BCUT2D eigenvalue weighted by Gasteiger charge is 2.25. The number of nitrogens with one attached hydrogen (secondary N) is 1. The highest BCUT2D eigenvalue weighted by Crippen LogP contribution is 2.33. The molecule has 3 nitrogen and oxygen atoms in total. The molecule has 0 radical (unpaired) electrons. The zero-order valence-electron chi connectivity index (χ0n) is 9.32. The Morgan fingerprint density at radius 1 is 1.33 bits per heavy atom. The van der Waals surface area contributed by atoms with Crippen molar-refractivity contribution in [3.05, 3.63) is 24.3 Å². The average Bonchev–Trinajstić information content (AvgIpc) is 2.76. The molecule has 1 saturated carbocycles. The Morgan fingerprint density at radius 3 is 2.87 bits per heavy atom. The lowest BCUT2D eigenvalue weighted by molar-refractivity contribution is 0.516. The van der Waals surface area contributed by atoms with Gasteiger partial charge in [0.25, 0.3) is 0 Å². The Morgan fingerprint density at radius 2 is 2.13 bits per heavy atom. The van der Waals surface area contributed by atoms with E-state index in [1.807, 2.05) is 12.4 Å². The van der Waals surface area contributed by atoms with Gasteiger partial charge in [-0.15, -0.1) is 0 Å². The largest absolute Gasteiger partial charge is 0.314 e. The second kappa shape index (κ2) is 5.21. The van der Waals surface area contributed by atoms with E-state index in [2.05, 4.69) is 22.2 Å². The van der Waals surface area contributed by atoms with E-state index in [9.17, 15) is 0 Å². The summed E-state index contributed by atoms with van der Waals surface area (Å²) in [5.74, 6) is 0.667. The summed E-state index contributed by atoms with van der Waals surface area (Å²) in [7, 11) is 0. The molecule has 1 fully saturated rings. The fourth-order valence-electron chi connectivity index (χ4n) is 2.34. The maximum absolute atomic E-state index is 4.08. The zero-order chi connectivity index (χ0) is 10.5. The zero-order valence-corrected chi connectivity index (χ0v) is 9.32. The van der Waals surface area contributed by atoms with Gasteiger partial charge in [0.1, 0.15) is 6.33 Å². The maximum atomic E-state index is 4.08. The molecule has 15 heavy (non-hydrogen) atoms. The number of nitrogens with zero attached hydrogens (tertiary/aromatic N) is 2. The van der Waals surface area contributed by atoms with Crippen LogP contribution in [-0.4, -0.2) is 22.6 Å². The Hall–Kier alpha value is -0.960. The number of aromatic nitrogens is 2. The van der Waals surface area contributed by atoms with Crippen molar-refractivity contribution < 1.29 is 0 Å². The molecule has 1 aliphatic carbocycles. The van der Waals surface area contributed by atoms with E-state index in [1.165, 1.54) is 31.2 Å². The van der Waals surface area contributed by atoms with Crippen molar-refractivity contribution in [1.82, 2.24) is 15.3 Å². The predicted octanol–water partition coefficient (Wildman–Crippen LogP) is 2.11. The standard InChI is InChI=1S/C12H19N3/c1-2-5-15-12-4-3-10(6-12)11-7-13-9-14-8-11/h7-10,12,15H,2-6H2,1H3. The van der Waals surface area contributed by atoms with Crippen LogP contribution in [-0.2, 0) is 0 Å². The fourth-order valence-corrected chi connectivity index (χ4v) is 2.34. The molecule has 82 valence electrons. The van der Waals surface area contributed by atoms with E-state index in [4.69, 9.17) is 0 Å². The van der Waals surface area contributed by atoms with Crippen molar-refractivity contribution in [3.63, 3.8) is 0 Å². The number of hydrogen-bond donors (Lipinski definition) is 1. The molecule has 1 N–H and O–H groups in total. The molecular weight excluding hydrogens is 186 g/mol. The number of hydrogen-bond acceptors (Lipinski definition) is 3. The van der Waals surface area contributed by atoms with Crippen LogP contribution in [0.4, 0.5) is 0 Å². The van der Waals surface area contributed by atoms with E-state index in [0.29, 0.717) is 12.0 Å². The van der Waals surface area contributed by atoms with Gasteiger partial charge in [0.05, 0.1) is 0 Å². The molecule has 3 heteroatoms. The van der Waals surface area contributed by atoms with Crippen LogP contribution >= 0.6 is 0 Å². The minimum Gasteiger partial charge on any atom is -0.314 e. The second-order valence-corrected chi connectivity index (χ2v) is 4.33. The van der Waals surface area contributed by atoms with E-state index >= 15 is 0 Å². The smallest absolute Gasteiger partial charge is 0.115 e. The maximum Gasteiger partial charge on any atom is 0.115 e. The Bertz CT molecular complexity index is 286. The first-order chi connectivity index (χ1) is 7.40. The van der Waals surface area contributed by atoms with Gasteiger partial charge in [0.15, 0.2) is 0 Å². The Balaban J connectivity index is 1.87. The normalized spacial score (nSPS) is 25.7. The summed E-state index contributed by atoms with van der Waals surface area (Å²) in [5.41, 5.74) is 1.30. The van der Waals surface area contributed by atoms with Crippen LogP contribution in [0, 0.1) is 0 Å². The summed E-state index contributed by atoms with van der Waals surface area (Å²) in [6.45, 7) is 3.35. The Kier molecular flexibility index (Phi) is 3.67. The quantitative estimate of drug-likeness (QED) is 0.818. The van der Waals surface area contributed by atoms with Crippen molar-refractivity contribution in [1.29, 1.82) is 0 Å². The van der Waals surface area contributed by atoms with Crippen LogP contribution in [0.3, 0.4) is 0 Å². The van der Waals surface area contributed by atoms with Gasteiger partial charge in [0.2, 0.25) is 0 Å². The SMILES string of the molecule is CCCNC1CCC(c2cncnc2)C1. The van der Waals surface area contributed by atoms with Gasteiger partial charge < -0.3 is 5.32 Å². The van der Waals surface area contributed by atoms with Gasteiger partial charge in [-0.3, -0.25) is 0 Å². The average molecular weight is 205 g/mol. The molecule has 2 atom stereocenters. The molecule has 2 rings (SSSR count). The van der Waals surface area contributed by atoms with Crippen molar-refractivity contribution in [3.8, 4) is 0 Å². The van der Waals surface area contributed by atoms with Crippen molar-refractivity contribution >= 4 is 0 Å². The third kappa shape index (κ3) is 2.75. The van der Waals surface area contributed by atoms with E-state index in [0.717, 1.165) is 6.54 Å². The first-order valence-corrected chi connectivity index (χ1v) is 5.88. The van der Waals surface area contributed by atoms with Crippen LogP contribution in [0.1, 0.15) is 44.1 Å². The minimum atomic E-state index is 0.667. The van der Waals surface area contributed by atoms with Crippen LogP contribution in [0.25, 0.3) is 0 Å². The van der Waals surface area contributed by atoms with Gasteiger partial charge in [0, 0.05) is 18.4 Å². The molecule has 0 aromatic carbocycles. The van der Waals surface area contributed by atoms with E-state index in [-0.39, 0.29) is 0 Å². The summed E-state index contributed by atoms with van der Waals surface area (Å²) in [4.78, 5) is 8.17. The van der Waals surface area contributed by atoms with Crippen molar-refractivity contribution in [2.45, 2.75) is 44.6 Å². The van der Waals surface area contributed by atoms with E-state index in [1.54, 1.807) is 6.33 Å². The summed E-state index contributed by atoms with van der Waals surface area (Å²) < 4.78 is 0. The van der Waals surface area contributed by atoms with Crippen LogP contribution in [0.15, 0.2) is 18.7 Å². The van der Waals surface area contributed by atoms with Gasteiger partial charge >= 0.3 is 0 Å². The number of rotatable bonds is 4. The van der Waals surface area contributed by atoms with Crippen LogP contribution in [0.5, 0.6) is 0 Å². The van der Waals surface area contributed by atoms with Gasteiger partial charge in [-0.25, -0.2) is 9.97 Å². The summed E-state index contributed by atoms with van der Waals surface area (Å²) in [6, 6.07) is 0.704. The van der Waals surface area contributed by atoms with Crippen LogP contribution < -0.4 is 5.32 Å². The molecule has 2 unspecified atom stereocenters. The molecule has 0 amide bonds. The van der Waals surface area contributed by atoms with Gasteiger partial charge in [-0.2, -0.15) is 0 Å². The third-order valence-electron chi connectivity index (χ3n) is 3.17. The third-order valence-corrected chi connectivity index (χ3v) is 3.17. The highest BCUT2D eigenvalue weighted by molar-refractivity contribution is 5.12. The monoisotopic (exact) mass is 205 g/mol. The van der Waals surface area contributed by atoms with Crippen LogP contribution in [0.2, 0.25) is 0 Å². The molecule has 1 aliphatic rings. The highest BCUT2D eigenvalue weighted by atomic mass is 14.9. The van der Waals surface area contributed by atoms with Crippen molar-refractivity contribution in [2.24, 2.45) is 0 Å². The van der Waals surface area contributed by atoms with Gasteiger partial charge in [-0.05, 0) is 43.7 Å². The lowest BCUT2D eigenvalue weighted by Gasteiger charge is -2.12. The van der Waals surface area contributed by atoms with E-state index < -0.39 is 0 Å². The fraction of sp³-hybridized carbons (Fsp3) is 0.667. The van der Waals surface area contributed by atoms with Crippen molar-refractivity contribution in [2.75, 3.05) is 6.54 Å². The molecule has 0 saturated heterocycles. The topological polar surface area (TPSA) is 37.8 Å². The lowest BCUT2D eigenvalue weighted by atomic mass is 10.0. The molecule has 0 aliphatic heterocycles. The Labute approximate surface area is 91.3 Å². The van der Waals surface area contributed by atoms with Gasteiger partial charge in [-0.1, -0.05) is 6.92 Å². The molecule has 1 aromatic heterocycles. The first kappa shape index (κ1) is 10.6.